The number of anilines is 3. The molecule has 31 heavy (non-hydrogen) atoms. The van der Waals surface area contributed by atoms with Crippen molar-refractivity contribution in [3.8, 4) is 11.8 Å². The largest absolute Gasteiger partial charge is 0.423 e. The number of nitrogens with one attached hydrogen (secondary N) is 4. The second-order valence-corrected chi connectivity index (χ2v) is 7.96. The number of rotatable bonds is 5. The summed E-state index contributed by atoms with van der Waals surface area (Å²) in [5.74, 6) is 2.57. The van der Waals surface area contributed by atoms with Crippen LogP contribution in [-0.2, 0) is 0 Å². The third-order valence-corrected chi connectivity index (χ3v) is 5.52. The van der Waals surface area contributed by atoms with Gasteiger partial charge in [-0.15, -0.1) is 0 Å². The number of benzene rings is 1. The second-order valence-electron chi connectivity index (χ2n) is 7.59. The number of hydrogen-bond donors (Lipinski definition) is 4. The maximum atomic E-state index is 6.62. The zero-order valence-corrected chi connectivity index (χ0v) is 18.0. The molecular formula is C21H23ClN8O. The van der Waals surface area contributed by atoms with Crippen LogP contribution in [0.15, 0.2) is 30.3 Å². The molecule has 1 fully saturated rings. The minimum absolute atomic E-state index is 0.222. The van der Waals surface area contributed by atoms with Gasteiger partial charge in [0.25, 0.3) is 0 Å². The maximum Gasteiger partial charge on any atom is 0.325 e. The molecule has 4 heterocycles. The summed E-state index contributed by atoms with van der Waals surface area (Å²) >= 11 is 6.62. The van der Waals surface area contributed by atoms with Gasteiger partial charge >= 0.3 is 6.01 Å². The summed E-state index contributed by atoms with van der Waals surface area (Å²) in [6.07, 6.45) is 0. The summed E-state index contributed by atoms with van der Waals surface area (Å²) in [6.45, 7) is 7.44. The molecule has 9 nitrogen and oxygen atoms in total. The fraction of sp³-hybridized carbons (Fsp3) is 0.286. The lowest BCUT2D eigenvalue weighted by atomic mass is 10.2. The van der Waals surface area contributed by atoms with Gasteiger partial charge < -0.3 is 25.3 Å². The van der Waals surface area contributed by atoms with Crippen LogP contribution in [0.25, 0.3) is 10.9 Å². The molecule has 0 atom stereocenters. The predicted octanol–water partition coefficient (Wildman–Crippen LogP) is 3.90. The van der Waals surface area contributed by atoms with E-state index in [1.54, 1.807) is 0 Å². The second kappa shape index (κ2) is 8.09. The Morgan fingerprint density at radius 3 is 2.65 bits per heavy atom. The minimum Gasteiger partial charge on any atom is -0.423 e. The van der Waals surface area contributed by atoms with E-state index >= 15 is 0 Å². The van der Waals surface area contributed by atoms with Gasteiger partial charge in [-0.2, -0.15) is 15.1 Å². The van der Waals surface area contributed by atoms with Gasteiger partial charge in [-0.1, -0.05) is 11.6 Å². The molecule has 4 N–H and O–H groups in total. The molecule has 1 saturated heterocycles. The minimum atomic E-state index is 0.222. The van der Waals surface area contributed by atoms with Crippen molar-refractivity contribution in [3.05, 3.63) is 46.7 Å². The topological polar surface area (TPSA) is 107 Å². The van der Waals surface area contributed by atoms with Crippen LogP contribution < -0.4 is 20.3 Å². The van der Waals surface area contributed by atoms with E-state index in [4.69, 9.17) is 16.3 Å². The van der Waals surface area contributed by atoms with Gasteiger partial charge in [0.15, 0.2) is 5.82 Å². The average Bonchev–Trinajstić information content (AvgIpc) is 3.35. The quantitative estimate of drug-likeness (QED) is 0.374. The number of aromatic nitrogens is 5. The molecule has 3 aromatic heterocycles. The lowest BCUT2D eigenvalue weighted by Gasteiger charge is -2.28. The molecule has 1 aliphatic heterocycles. The Balaban J connectivity index is 1.50. The first-order chi connectivity index (χ1) is 15.0. The van der Waals surface area contributed by atoms with E-state index in [-0.39, 0.29) is 6.01 Å². The van der Waals surface area contributed by atoms with Gasteiger partial charge in [0, 0.05) is 60.6 Å². The zero-order chi connectivity index (χ0) is 21.4. The molecular weight excluding hydrogens is 416 g/mol. The van der Waals surface area contributed by atoms with Crippen molar-refractivity contribution >= 4 is 40.0 Å². The highest BCUT2D eigenvalue weighted by Crippen LogP contribution is 2.36. The molecule has 0 radical (unpaired) electrons. The first kappa shape index (κ1) is 19.7. The highest BCUT2D eigenvalue weighted by molar-refractivity contribution is 6.37. The molecule has 0 aliphatic carbocycles. The molecule has 0 spiro atoms. The Bertz CT molecular complexity index is 1230. The Hall–Kier alpha value is -3.30. The highest BCUT2D eigenvalue weighted by Gasteiger charge is 2.17. The van der Waals surface area contributed by atoms with Crippen LogP contribution in [0.1, 0.15) is 11.4 Å². The number of piperazine rings is 1. The number of ether oxygens (including phenoxy) is 1. The predicted molar refractivity (Wildman–Crippen MR) is 122 cm³/mol. The molecule has 0 amide bonds. The van der Waals surface area contributed by atoms with E-state index < -0.39 is 0 Å². The van der Waals surface area contributed by atoms with Crippen molar-refractivity contribution in [3.63, 3.8) is 0 Å². The first-order valence-electron chi connectivity index (χ1n) is 10.1. The van der Waals surface area contributed by atoms with Crippen LogP contribution in [0.3, 0.4) is 0 Å². The van der Waals surface area contributed by atoms with E-state index in [9.17, 15) is 0 Å². The van der Waals surface area contributed by atoms with Crippen LogP contribution in [-0.4, -0.2) is 51.3 Å². The van der Waals surface area contributed by atoms with Crippen LogP contribution in [0.5, 0.6) is 11.8 Å². The van der Waals surface area contributed by atoms with Crippen molar-refractivity contribution < 1.29 is 4.74 Å². The van der Waals surface area contributed by atoms with Crippen molar-refractivity contribution in [1.29, 1.82) is 0 Å². The Labute approximate surface area is 184 Å². The summed E-state index contributed by atoms with van der Waals surface area (Å²) in [6, 6.07) is 9.80. The molecule has 10 heteroatoms. The molecule has 0 saturated carbocycles. The van der Waals surface area contributed by atoms with Crippen molar-refractivity contribution in [2.24, 2.45) is 0 Å². The molecule has 0 bridgehead atoms. The summed E-state index contributed by atoms with van der Waals surface area (Å²) in [4.78, 5) is 14.7. The molecule has 4 aromatic rings. The van der Waals surface area contributed by atoms with Crippen LogP contribution in [0, 0.1) is 13.8 Å². The monoisotopic (exact) mass is 438 g/mol. The maximum absolute atomic E-state index is 6.62. The highest BCUT2D eigenvalue weighted by atomic mass is 35.5. The number of hydrogen-bond acceptors (Lipinski definition) is 7. The van der Waals surface area contributed by atoms with Gasteiger partial charge in [-0.05, 0) is 32.0 Å². The van der Waals surface area contributed by atoms with Crippen molar-refractivity contribution in [2.45, 2.75) is 13.8 Å². The molecule has 5 rings (SSSR count). The number of fused-ring (bicyclic) bond motifs is 1. The van der Waals surface area contributed by atoms with Gasteiger partial charge in [-0.25, -0.2) is 0 Å². The van der Waals surface area contributed by atoms with E-state index in [1.807, 2.05) is 44.2 Å². The fourth-order valence-electron chi connectivity index (χ4n) is 3.66. The smallest absolute Gasteiger partial charge is 0.325 e. The number of nitrogens with zero attached hydrogens (tertiary/aromatic N) is 4. The lowest BCUT2D eigenvalue weighted by molar-refractivity contribution is 0.442. The normalized spacial score (nSPS) is 14.2. The number of aromatic amines is 2. The van der Waals surface area contributed by atoms with Gasteiger partial charge in [0.05, 0.1) is 5.02 Å². The third-order valence-electron chi connectivity index (χ3n) is 5.13. The van der Waals surface area contributed by atoms with E-state index in [2.05, 4.69) is 40.7 Å². The Kier molecular flexibility index (Phi) is 5.13. The van der Waals surface area contributed by atoms with Crippen LogP contribution >= 0.6 is 11.6 Å². The molecule has 1 aromatic carbocycles. The zero-order valence-electron chi connectivity index (χ0n) is 17.3. The Morgan fingerprint density at radius 1 is 1.03 bits per heavy atom. The van der Waals surface area contributed by atoms with Crippen molar-refractivity contribution in [2.75, 3.05) is 36.4 Å². The van der Waals surface area contributed by atoms with E-state index in [1.165, 1.54) is 0 Å². The fourth-order valence-corrected chi connectivity index (χ4v) is 3.91. The standard InChI is InChI=1S/C21H23ClN8O/c1-12-9-14-15(24-12)3-4-16(20(14)22)31-21-26-17(25-18-10-13(2)28-29-18)11-19(27-21)30-7-5-23-6-8-30/h3-4,9-11,23-24H,5-8H2,1-2H3,(H2,25,26,27,28,29). The first-order valence-corrected chi connectivity index (χ1v) is 10.5. The molecule has 160 valence electrons. The van der Waals surface area contributed by atoms with Crippen molar-refractivity contribution in [1.82, 2.24) is 30.5 Å². The van der Waals surface area contributed by atoms with E-state index in [0.29, 0.717) is 22.4 Å². The summed E-state index contributed by atoms with van der Waals surface area (Å²) < 4.78 is 6.06. The number of halogens is 1. The molecule has 1 aliphatic rings. The average molecular weight is 439 g/mol. The van der Waals surface area contributed by atoms with Crippen LogP contribution in [0.4, 0.5) is 17.5 Å². The summed E-state index contributed by atoms with van der Waals surface area (Å²) in [5, 5.41) is 15.2. The lowest BCUT2D eigenvalue weighted by Crippen LogP contribution is -2.43. The van der Waals surface area contributed by atoms with E-state index in [0.717, 1.165) is 54.3 Å². The van der Waals surface area contributed by atoms with Gasteiger partial charge in [0.2, 0.25) is 0 Å². The third kappa shape index (κ3) is 4.14. The summed E-state index contributed by atoms with van der Waals surface area (Å²) in [7, 11) is 0. The van der Waals surface area contributed by atoms with Crippen LogP contribution in [0.2, 0.25) is 5.02 Å². The number of H-pyrrole nitrogens is 2. The number of aryl methyl sites for hydroxylation is 2. The summed E-state index contributed by atoms with van der Waals surface area (Å²) in [5.41, 5.74) is 2.95. The van der Waals surface area contributed by atoms with Gasteiger partial charge in [-0.3, -0.25) is 5.10 Å². The Morgan fingerprint density at radius 2 is 1.87 bits per heavy atom. The SMILES string of the molecule is Cc1cc(Nc2cc(N3CCNCC3)nc(Oc3ccc4[nH]c(C)cc4c3Cl)n2)n[nH]1. The molecule has 0 unspecified atom stereocenters. The van der Waals surface area contributed by atoms with Gasteiger partial charge in [0.1, 0.15) is 17.4 Å².